The summed E-state index contributed by atoms with van der Waals surface area (Å²) in [5.74, 6) is -0.136. The number of benzene rings is 1. The molecule has 2 fully saturated rings. The monoisotopic (exact) mass is 428 g/mol. The summed E-state index contributed by atoms with van der Waals surface area (Å²) < 4.78 is 2.94. The van der Waals surface area contributed by atoms with Crippen LogP contribution in [-0.2, 0) is 11.3 Å². The molecule has 1 aromatic carbocycles. The summed E-state index contributed by atoms with van der Waals surface area (Å²) in [6, 6.07) is 3.91. The number of urea groups is 1. The van der Waals surface area contributed by atoms with Gasteiger partial charge >= 0.3 is 11.7 Å². The Bertz CT molecular complexity index is 1150. The van der Waals surface area contributed by atoms with Crippen LogP contribution in [0.5, 0.6) is 0 Å². The van der Waals surface area contributed by atoms with Gasteiger partial charge in [-0.1, -0.05) is 0 Å². The van der Waals surface area contributed by atoms with Gasteiger partial charge in [-0.15, -0.1) is 0 Å². The van der Waals surface area contributed by atoms with Gasteiger partial charge in [0.05, 0.1) is 10.9 Å². The molecule has 1 saturated carbocycles. The molecule has 1 aromatic heterocycles. The largest absolute Gasteiger partial charge is 0.368 e. The lowest BCUT2D eigenvalue weighted by Gasteiger charge is -2.32. The SMILES string of the molecule is CC(C)n1c(=O)n(CC2CC2)c(=O)c2cc(NC(=O)N3CCNC(C(N)=O)C3)ccc21. The van der Waals surface area contributed by atoms with E-state index in [0.717, 1.165) is 12.8 Å². The third kappa shape index (κ3) is 4.20. The number of primary amides is 1. The van der Waals surface area contributed by atoms with E-state index in [-0.39, 0.29) is 29.9 Å². The van der Waals surface area contributed by atoms with Gasteiger partial charge in [0.15, 0.2) is 0 Å². The Labute approximate surface area is 179 Å². The van der Waals surface area contributed by atoms with Crippen molar-refractivity contribution in [3.05, 3.63) is 39.0 Å². The van der Waals surface area contributed by atoms with E-state index in [1.807, 2.05) is 13.8 Å². The van der Waals surface area contributed by atoms with E-state index in [0.29, 0.717) is 42.1 Å². The number of hydrogen-bond acceptors (Lipinski definition) is 5. The standard InChI is InChI=1S/C21H28N6O4/c1-12(2)27-17-6-5-14(24-20(30)25-8-7-23-16(11-25)18(22)28)9-15(17)19(29)26(21(27)31)10-13-3-4-13/h5-6,9,12-13,16,23H,3-4,7-8,10-11H2,1-2H3,(H2,22,28)(H,24,30). The van der Waals surface area contributed by atoms with Crippen molar-refractivity contribution in [3.63, 3.8) is 0 Å². The quantitative estimate of drug-likeness (QED) is 0.636. The van der Waals surface area contributed by atoms with Crippen molar-refractivity contribution in [2.24, 2.45) is 11.7 Å². The highest BCUT2D eigenvalue weighted by atomic mass is 16.2. The Morgan fingerprint density at radius 2 is 2.00 bits per heavy atom. The summed E-state index contributed by atoms with van der Waals surface area (Å²) in [4.78, 5) is 51.7. The number of nitrogens with one attached hydrogen (secondary N) is 2. The molecule has 4 N–H and O–H groups in total. The average Bonchev–Trinajstić information content (AvgIpc) is 3.55. The summed E-state index contributed by atoms with van der Waals surface area (Å²) in [6.45, 7) is 5.31. The first-order chi connectivity index (χ1) is 14.8. The van der Waals surface area contributed by atoms with E-state index in [2.05, 4.69) is 10.6 Å². The third-order valence-corrected chi connectivity index (χ3v) is 5.88. The summed E-state index contributed by atoms with van der Waals surface area (Å²) in [6.07, 6.45) is 2.05. The molecule has 1 saturated heterocycles. The van der Waals surface area contributed by atoms with Crippen LogP contribution in [0.3, 0.4) is 0 Å². The zero-order chi connectivity index (χ0) is 22.3. The van der Waals surface area contributed by atoms with E-state index >= 15 is 0 Å². The van der Waals surface area contributed by atoms with Crippen molar-refractivity contribution >= 4 is 28.5 Å². The molecule has 10 nitrogen and oxygen atoms in total. The predicted molar refractivity (Wildman–Crippen MR) is 117 cm³/mol. The van der Waals surface area contributed by atoms with Crippen LogP contribution in [0.2, 0.25) is 0 Å². The smallest absolute Gasteiger partial charge is 0.331 e. The lowest BCUT2D eigenvalue weighted by atomic mass is 10.2. The molecular formula is C21H28N6O4. The Balaban J connectivity index is 1.67. The number of rotatable bonds is 5. The molecule has 1 unspecified atom stereocenters. The van der Waals surface area contributed by atoms with Gasteiger partial charge in [0.25, 0.3) is 5.56 Å². The molecule has 3 amide bonds. The van der Waals surface area contributed by atoms with Crippen LogP contribution >= 0.6 is 0 Å². The Morgan fingerprint density at radius 1 is 1.26 bits per heavy atom. The molecular weight excluding hydrogens is 400 g/mol. The number of anilines is 1. The lowest BCUT2D eigenvalue weighted by Crippen LogP contribution is -2.58. The van der Waals surface area contributed by atoms with Crippen molar-refractivity contribution in [2.45, 2.75) is 45.3 Å². The van der Waals surface area contributed by atoms with E-state index in [4.69, 9.17) is 5.73 Å². The van der Waals surface area contributed by atoms with Gasteiger partial charge in [-0.2, -0.15) is 0 Å². The molecule has 0 bridgehead atoms. The number of amides is 3. The Kier molecular flexibility index (Phi) is 5.57. The van der Waals surface area contributed by atoms with E-state index in [1.54, 1.807) is 22.8 Å². The number of aromatic nitrogens is 2. The second-order valence-electron chi connectivity index (χ2n) is 8.62. The molecule has 2 aromatic rings. The first-order valence-electron chi connectivity index (χ1n) is 10.6. The number of hydrogen-bond donors (Lipinski definition) is 3. The molecule has 31 heavy (non-hydrogen) atoms. The first kappa shape index (κ1) is 21.1. The third-order valence-electron chi connectivity index (χ3n) is 5.88. The summed E-state index contributed by atoms with van der Waals surface area (Å²) in [5, 5.41) is 6.16. The minimum Gasteiger partial charge on any atom is -0.368 e. The maximum absolute atomic E-state index is 13.1. The van der Waals surface area contributed by atoms with E-state index < -0.39 is 11.9 Å². The summed E-state index contributed by atoms with van der Waals surface area (Å²) >= 11 is 0. The fraction of sp³-hybridized carbons (Fsp3) is 0.524. The fourth-order valence-electron chi connectivity index (χ4n) is 4.01. The lowest BCUT2D eigenvalue weighted by molar-refractivity contribution is -0.120. The van der Waals surface area contributed by atoms with Gasteiger partial charge in [0, 0.05) is 37.9 Å². The fourth-order valence-corrected chi connectivity index (χ4v) is 4.01. The van der Waals surface area contributed by atoms with Crippen molar-refractivity contribution in [3.8, 4) is 0 Å². The van der Waals surface area contributed by atoms with Crippen molar-refractivity contribution in [1.82, 2.24) is 19.4 Å². The maximum atomic E-state index is 13.1. The highest BCUT2D eigenvalue weighted by molar-refractivity contribution is 5.93. The number of piperazine rings is 1. The van der Waals surface area contributed by atoms with Crippen LogP contribution in [-0.4, -0.2) is 51.6 Å². The maximum Gasteiger partial charge on any atom is 0.331 e. The second kappa shape index (κ2) is 8.18. The second-order valence-corrected chi connectivity index (χ2v) is 8.62. The van der Waals surface area contributed by atoms with Gasteiger partial charge in [0.2, 0.25) is 5.91 Å². The number of fused-ring (bicyclic) bond motifs is 1. The number of nitrogens with two attached hydrogens (primary N) is 1. The van der Waals surface area contributed by atoms with Crippen LogP contribution < -0.4 is 27.6 Å². The normalized spacial score (nSPS) is 19.1. The van der Waals surface area contributed by atoms with Crippen LogP contribution in [0.15, 0.2) is 27.8 Å². The van der Waals surface area contributed by atoms with Gasteiger partial charge in [0.1, 0.15) is 6.04 Å². The predicted octanol–water partition coefficient (Wildman–Crippen LogP) is 0.445. The Hall–Kier alpha value is -3.14. The zero-order valence-electron chi connectivity index (χ0n) is 17.8. The van der Waals surface area contributed by atoms with Crippen LogP contribution in [0, 0.1) is 5.92 Å². The summed E-state index contributed by atoms with van der Waals surface area (Å²) in [7, 11) is 0. The molecule has 1 atom stereocenters. The van der Waals surface area contributed by atoms with Gasteiger partial charge in [-0.3, -0.25) is 18.7 Å². The summed E-state index contributed by atoms with van der Waals surface area (Å²) in [5.41, 5.74) is 5.71. The average molecular weight is 428 g/mol. The van der Waals surface area contributed by atoms with Crippen LogP contribution in [0.25, 0.3) is 10.9 Å². The van der Waals surface area contributed by atoms with Crippen LogP contribution in [0.4, 0.5) is 10.5 Å². The minimum atomic E-state index is -0.591. The highest BCUT2D eigenvalue weighted by Gasteiger charge is 2.27. The van der Waals surface area contributed by atoms with Crippen molar-refractivity contribution in [1.29, 1.82) is 0 Å². The first-order valence-corrected chi connectivity index (χ1v) is 10.6. The zero-order valence-corrected chi connectivity index (χ0v) is 17.8. The highest BCUT2D eigenvalue weighted by Crippen LogP contribution is 2.30. The van der Waals surface area contributed by atoms with Gasteiger partial charge in [-0.25, -0.2) is 9.59 Å². The van der Waals surface area contributed by atoms with E-state index in [1.165, 1.54) is 9.47 Å². The van der Waals surface area contributed by atoms with Crippen molar-refractivity contribution in [2.75, 3.05) is 25.0 Å². The number of nitrogens with zero attached hydrogens (tertiary/aromatic N) is 3. The number of carbonyl (C=O) groups excluding carboxylic acids is 2. The minimum absolute atomic E-state index is 0.118. The van der Waals surface area contributed by atoms with E-state index in [9.17, 15) is 19.2 Å². The molecule has 166 valence electrons. The van der Waals surface area contributed by atoms with Crippen molar-refractivity contribution < 1.29 is 9.59 Å². The molecule has 10 heteroatoms. The molecule has 2 heterocycles. The van der Waals surface area contributed by atoms with Gasteiger partial charge in [-0.05, 0) is 50.8 Å². The molecule has 1 aliphatic carbocycles. The topological polar surface area (TPSA) is 131 Å². The molecule has 0 spiro atoms. The number of carbonyl (C=O) groups is 2. The molecule has 4 rings (SSSR count). The molecule has 0 radical (unpaired) electrons. The Morgan fingerprint density at radius 3 is 2.65 bits per heavy atom. The molecule has 1 aliphatic heterocycles. The molecule has 2 aliphatic rings. The van der Waals surface area contributed by atoms with Gasteiger partial charge < -0.3 is 21.3 Å². The van der Waals surface area contributed by atoms with Crippen LogP contribution in [0.1, 0.15) is 32.7 Å².